The van der Waals surface area contributed by atoms with Gasteiger partial charge in [0, 0.05) is 12.0 Å². The predicted molar refractivity (Wildman–Crippen MR) is 54.4 cm³/mol. The number of nitro benzene ring substituents is 1. The van der Waals surface area contributed by atoms with E-state index in [0.29, 0.717) is 0 Å². The van der Waals surface area contributed by atoms with Gasteiger partial charge in [-0.05, 0) is 18.9 Å². The highest BCUT2D eigenvalue weighted by atomic mass is 19.1. The summed E-state index contributed by atoms with van der Waals surface area (Å²) < 4.78 is 13.3. The van der Waals surface area contributed by atoms with Crippen molar-refractivity contribution in [3.8, 4) is 0 Å². The van der Waals surface area contributed by atoms with Crippen LogP contribution in [-0.4, -0.2) is 10.8 Å². The van der Waals surface area contributed by atoms with E-state index in [1.165, 1.54) is 6.07 Å². The zero-order chi connectivity index (χ0) is 11.7. The number of hydrogen-bond acceptors (Lipinski definition) is 3. The lowest BCUT2D eigenvalue weighted by Crippen LogP contribution is -2.14. The summed E-state index contributed by atoms with van der Waals surface area (Å²) in [6, 6.07) is 3.15. The maximum atomic E-state index is 13.3. The first-order valence-electron chi connectivity index (χ1n) is 4.83. The summed E-state index contributed by atoms with van der Waals surface area (Å²) in [6.07, 6.45) is 1.64. The van der Waals surface area contributed by atoms with Crippen molar-refractivity contribution in [2.75, 3.05) is 5.32 Å². The van der Waals surface area contributed by atoms with E-state index in [0.717, 1.165) is 25.0 Å². The molecule has 0 heterocycles. The van der Waals surface area contributed by atoms with Crippen molar-refractivity contribution in [1.29, 1.82) is 0 Å². The third kappa shape index (κ3) is 2.16. The Labute approximate surface area is 90.4 Å². The van der Waals surface area contributed by atoms with Crippen LogP contribution in [0.3, 0.4) is 0 Å². The van der Waals surface area contributed by atoms with Gasteiger partial charge in [-0.3, -0.25) is 14.9 Å². The summed E-state index contributed by atoms with van der Waals surface area (Å²) >= 11 is 0. The summed E-state index contributed by atoms with van der Waals surface area (Å²) in [5.74, 6) is -1.05. The Bertz CT molecular complexity index is 457. The number of rotatable bonds is 3. The lowest BCUT2D eigenvalue weighted by molar-refractivity contribution is -0.385. The Morgan fingerprint density at radius 1 is 1.50 bits per heavy atom. The Balaban J connectivity index is 2.15. The predicted octanol–water partition coefficient (Wildman–Crippen LogP) is 2.08. The lowest BCUT2D eigenvalue weighted by atomic mass is 10.2. The molecule has 0 radical (unpaired) electrons. The van der Waals surface area contributed by atoms with Gasteiger partial charge in [0.1, 0.15) is 0 Å². The van der Waals surface area contributed by atoms with Crippen molar-refractivity contribution in [3.63, 3.8) is 0 Å². The standard InChI is InChI=1S/C10H9FN2O3/c11-8-5-7(13(15)16)3-4-9(8)12-10(14)6-1-2-6/h3-6H,1-2H2,(H,12,14). The van der Waals surface area contributed by atoms with E-state index in [1.54, 1.807) is 0 Å². The maximum Gasteiger partial charge on any atom is 0.272 e. The average molecular weight is 224 g/mol. The van der Waals surface area contributed by atoms with Crippen LogP contribution in [0.1, 0.15) is 12.8 Å². The molecular formula is C10H9FN2O3. The molecule has 0 saturated heterocycles. The van der Waals surface area contributed by atoms with Gasteiger partial charge in [-0.2, -0.15) is 0 Å². The molecule has 2 rings (SSSR count). The molecule has 0 bridgehead atoms. The molecule has 1 aliphatic carbocycles. The quantitative estimate of drug-likeness (QED) is 0.631. The molecule has 0 spiro atoms. The first-order valence-corrected chi connectivity index (χ1v) is 4.83. The first-order chi connectivity index (χ1) is 7.58. The zero-order valence-corrected chi connectivity index (χ0v) is 8.27. The maximum absolute atomic E-state index is 13.3. The van der Waals surface area contributed by atoms with Crippen molar-refractivity contribution in [2.45, 2.75) is 12.8 Å². The molecule has 1 aromatic carbocycles. The number of non-ortho nitro benzene ring substituents is 1. The minimum atomic E-state index is -0.789. The lowest BCUT2D eigenvalue weighted by Gasteiger charge is -2.04. The molecule has 5 nitrogen and oxygen atoms in total. The highest BCUT2D eigenvalue weighted by Gasteiger charge is 2.30. The van der Waals surface area contributed by atoms with Crippen molar-refractivity contribution in [1.82, 2.24) is 0 Å². The highest BCUT2D eigenvalue weighted by Crippen LogP contribution is 2.31. The van der Waals surface area contributed by atoms with Crippen LogP contribution in [0.25, 0.3) is 0 Å². The fraction of sp³-hybridized carbons (Fsp3) is 0.300. The van der Waals surface area contributed by atoms with Gasteiger partial charge in [0.25, 0.3) is 5.69 Å². The molecule has 1 aliphatic rings. The molecule has 1 saturated carbocycles. The molecule has 84 valence electrons. The van der Waals surface area contributed by atoms with Crippen LogP contribution in [0.4, 0.5) is 15.8 Å². The topological polar surface area (TPSA) is 72.2 Å². The summed E-state index contributed by atoms with van der Waals surface area (Å²) in [5.41, 5.74) is -0.343. The molecule has 0 unspecified atom stereocenters. The second-order valence-electron chi connectivity index (χ2n) is 3.68. The molecule has 1 amide bonds. The van der Waals surface area contributed by atoms with Gasteiger partial charge in [0.15, 0.2) is 5.82 Å². The highest BCUT2D eigenvalue weighted by molar-refractivity contribution is 5.94. The second kappa shape index (κ2) is 3.88. The van der Waals surface area contributed by atoms with Crippen molar-refractivity contribution < 1.29 is 14.1 Å². The van der Waals surface area contributed by atoms with Gasteiger partial charge in [-0.1, -0.05) is 0 Å². The van der Waals surface area contributed by atoms with Crippen LogP contribution in [0, 0.1) is 21.8 Å². The van der Waals surface area contributed by atoms with Gasteiger partial charge in [-0.15, -0.1) is 0 Å². The number of amides is 1. The third-order valence-corrected chi connectivity index (χ3v) is 2.37. The third-order valence-electron chi connectivity index (χ3n) is 2.37. The second-order valence-corrected chi connectivity index (χ2v) is 3.68. The van der Waals surface area contributed by atoms with Crippen LogP contribution in [0.15, 0.2) is 18.2 Å². The van der Waals surface area contributed by atoms with Crippen molar-refractivity contribution in [3.05, 3.63) is 34.1 Å². The average Bonchev–Trinajstić information content (AvgIpc) is 3.03. The summed E-state index contributed by atoms with van der Waals surface area (Å²) in [5, 5.41) is 12.8. The van der Waals surface area contributed by atoms with E-state index in [1.807, 2.05) is 0 Å². The fourth-order valence-corrected chi connectivity index (χ4v) is 1.30. The number of halogens is 1. The molecule has 0 aromatic heterocycles. The van der Waals surface area contributed by atoms with Crippen LogP contribution >= 0.6 is 0 Å². The minimum absolute atomic E-state index is 0.0116. The smallest absolute Gasteiger partial charge is 0.272 e. The molecule has 0 atom stereocenters. The van der Waals surface area contributed by atoms with E-state index in [9.17, 15) is 19.3 Å². The van der Waals surface area contributed by atoms with Crippen LogP contribution in [0.5, 0.6) is 0 Å². The molecule has 6 heteroatoms. The molecule has 1 aromatic rings. The number of nitrogens with one attached hydrogen (secondary N) is 1. The monoisotopic (exact) mass is 224 g/mol. The summed E-state index contributed by atoms with van der Waals surface area (Å²) in [6.45, 7) is 0. The van der Waals surface area contributed by atoms with Crippen LogP contribution in [-0.2, 0) is 4.79 Å². The number of hydrogen-bond donors (Lipinski definition) is 1. The van der Waals surface area contributed by atoms with Crippen LogP contribution in [0.2, 0.25) is 0 Å². The van der Waals surface area contributed by atoms with Crippen LogP contribution < -0.4 is 5.32 Å². The largest absolute Gasteiger partial charge is 0.323 e. The minimum Gasteiger partial charge on any atom is -0.323 e. The number of carbonyl (C=O) groups is 1. The molecular weight excluding hydrogens is 215 g/mol. The van der Waals surface area contributed by atoms with Crippen molar-refractivity contribution >= 4 is 17.3 Å². The summed E-state index contributed by atoms with van der Waals surface area (Å²) in [7, 11) is 0. The molecule has 1 N–H and O–H groups in total. The van der Waals surface area contributed by atoms with Gasteiger partial charge >= 0.3 is 0 Å². The number of anilines is 1. The van der Waals surface area contributed by atoms with E-state index >= 15 is 0 Å². The van der Waals surface area contributed by atoms with E-state index in [-0.39, 0.29) is 23.2 Å². The number of nitrogens with zero attached hydrogens (tertiary/aromatic N) is 1. The van der Waals surface area contributed by atoms with Crippen molar-refractivity contribution in [2.24, 2.45) is 5.92 Å². The summed E-state index contributed by atoms with van der Waals surface area (Å²) in [4.78, 5) is 21.0. The Morgan fingerprint density at radius 2 is 2.19 bits per heavy atom. The fourth-order valence-electron chi connectivity index (χ4n) is 1.30. The zero-order valence-electron chi connectivity index (χ0n) is 8.27. The Morgan fingerprint density at radius 3 is 2.69 bits per heavy atom. The van der Waals surface area contributed by atoms with Gasteiger partial charge < -0.3 is 5.32 Å². The number of benzene rings is 1. The SMILES string of the molecule is O=C(Nc1ccc([N+](=O)[O-])cc1F)C1CC1. The Hall–Kier alpha value is -1.98. The van der Waals surface area contributed by atoms with E-state index in [4.69, 9.17) is 0 Å². The molecule has 1 fully saturated rings. The number of nitro groups is 1. The Kier molecular flexibility index (Phi) is 2.55. The number of carbonyl (C=O) groups excluding carboxylic acids is 1. The normalized spacial score (nSPS) is 14.6. The molecule has 0 aliphatic heterocycles. The van der Waals surface area contributed by atoms with E-state index < -0.39 is 10.7 Å². The van der Waals surface area contributed by atoms with Gasteiger partial charge in [0.05, 0.1) is 16.7 Å². The van der Waals surface area contributed by atoms with Gasteiger partial charge in [0.2, 0.25) is 5.91 Å². The van der Waals surface area contributed by atoms with E-state index in [2.05, 4.69) is 5.32 Å². The molecule has 16 heavy (non-hydrogen) atoms. The van der Waals surface area contributed by atoms with Gasteiger partial charge in [-0.25, -0.2) is 4.39 Å². The first kappa shape index (κ1) is 10.5.